The number of ether oxygens (including phenoxy) is 2. The van der Waals surface area contributed by atoms with E-state index < -0.39 is 13.9 Å². The van der Waals surface area contributed by atoms with Crippen LogP contribution in [0.1, 0.15) is 181 Å². The topological polar surface area (TPSA) is 91.3 Å². The molecular formula is C56H97NO7P+. The van der Waals surface area contributed by atoms with Gasteiger partial charge < -0.3 is 18.9 Å². The molecule has 0 saturated heterocycles. The third-order valence-electron chi connectivity index (χ3n) is 10.3. The lowest BCUT2D eigenvalue weighted by Crippen LogP contribution is -2.37. The summed E-state index contributed by atoms with van der Waals surface area (Å²) in [6.07, 6.45) is 67.2. The van der Waals surface area contributed by atoms with Crippen molar-refractivity contribution < 1.29 is 37.3 Å². The summed E-state index contributed by atoms with van der Waals surface area (Å²) < 4.78 is 35.1. The van der Waals surface area contributed by atoms with Crippen molar-refractivity contribution in [1.29, 1.82) is 0 Å². The number of hydrogen-bond acceptors (Lipinski definition) is 6. The Morgan fingerprint density at radius 1 is 0.477 bits per heavy atom. The first kappa shape index (κ1) is 62.2. The number of hydrogen-bond donors (Lipinski definition) is 1. The summed E-state index contributed by atoms with van der Waals surface area (Å²) in [5, 5.41) is 0. The molecule has 0 spiro atoms. The van der Waals surface area contributed by atoms with Gasteiger partial charge in [-0.2, -0.15) is 0 Å². The minimum Gasteiger partial charge on any atom is -0.457 e. The Morgan fingerprint density at radius 2 is 0.846 bits per heavy atom. The number of likely N-dealkylation sites (N-methyl/N-ethyl adjacent to an activating group) is 1. The van der Waals surface area contributed by atoms with Gasteiger partial charge in [-0.25, -0.2) is 4.57 Å². The van der Waals surface area contributed by atoms with Gasteiger partial charge in [0.25, 0.3) is 0 Å². The van der Waals surface area contributed by atoms with E-state index in [-0.39, 0.29) is 25.8 Å². The lowest BCUT2D eigenvalue weighted by molar-refractivity contribution is -0.870. The average molecular weight is 927 g/mol. The number of quaternary nitrogens is 1. The lowest BCUT2D eigenvalue weighted by atomic mass is 10.0. The fourth-order valence-electron chi connectivity index (χ4n) is 6.45. The average Bonchev–Trinajstić information content (AvgIpc) is 3.27. The molecule has 0 aliphatic heterocycles. The first-order valence-corrected chi connectivity index (χ1v) is 27.1. The molecule has 9 heteroatoms. The Kier molecular flexibility index (Phi) is 45.6. The summed E-state index contributed by atoms with van der Waals surface area (Å²) in [5.41, 5.74) is 0. The number of unbranched alkanes of at least 4 members (excludes halogenated alkanes) is 14. The first-order valence-electron chi connectivity index (χ1n) is 25.6. The number of phosphoric acid groups is 1. The zero-order valence-corrected chi connectivity index (χ0v) is 43.1. The van der Waals surface area contributed by atoms with Crippen molar-refractivity contribution in [2.24, 2.45) is 0 Å². The van der Waals surface area contributed by atoms with Gasteiger partial charge in [0.05, 0.1) is 34.4 Å². The van der Waals surface area contributed by atoms with Gasteiger partial charge >= 0.3 is 13.8 Å². The van der Waals surface area contributed by atoms with Crippen LogP contribution in [-0.2, 0) is 27.9 Å². The SMILES string of the molecule is CC/C=C\C/C=C\C/C=C\C/C=C\C/C=C\CCCCOCC(COP(=O)(O)OCC[N+](C)(C)C)OC(=O)CCCCCCCCCCCCCC/C=C\C/C=C\C/C=C\C/C=C\CC. The molecule has 2 unspecified atom stereocenters. The van der Waals surface area contributed by atoms with E-state index in [0.717, 1.165) is 96.3 Å². The molecule has 0 radical (unpaired) electrons. The summed E-state index contributed by atoms with van der Waals surface area (Å²) in [6, 6.07) is 0. The zero-order valence-electron chi connectivity index (χ0n) is 42.2. The predicted octanol–water partition coefficient (Wildman–Crippen LogP) is 15.9. The summed E-state index contributed by atoms with van der Waals surface area (Å²) in [7, 11) is 1.62. The zero-order chi connectivity index (χ0) is 47.6. The van der Waals surface area contributed by atoms with E-state index in [9.17, 15) is 14.3 Å². The van der Waals surface area contributed by atoms with Crippen LogP contribution in [0.25, 0.3) is 0 Å². The third-order valence-corrected chi connectivity index (χ3v) is 11.3. The maximum absolute atomic E-state index is 12.8. The molecule has 0 heterocycles. The number of rotatable bonds is 46. The Bertz CT molecular complexity index is 1400. The maximum Gasteiger partial charge on any atom is 0.472 e. The van der Waals surface area contributed by atoms with E-state index in [4.69, 9.17) is 18.5 Å². The predicted molar refractivity (Wildman–Crippen MR) is 279 cm³/mol. The van der Waals surface area contributed by atoms with Gasteiger partial charge in [-0.3, -0.25) is 13.8 Å². The van der Waals surface area contributed by atoms with Crippen LogP contribution < -0.4 is 0 Å². The van der Waals surface area contributed by atoms with Crippen LogP contribution in [0.15, 0.2) is 109 Å². The van der Waals surface area contributed by atoms with Crippen LogP contribution in [0.2, 0.25) is 0 Å². The van der Waals surface area contributed by atoms with E-state index in [0.29, 0.717) is 24.1 Å². The van der Waals surface area contributed by atoms with Gasteiger partial charge in [-0.05, 0) is 96.3 Å². The normalized spacial score (nSPS) is 14.5. The number of carbonyl (C=O) groups is 1. The highest BCUT2D eigenvalue weighted by atomic mass is 31.2. The first-order chi connectivity index (χ1) is 31.6. The molecule has 8 nitrogen and oxygen atoms in total. The van der Waals surface area contributed by atoms with E-state index in [1.54, 1.807) is 0 Å². The van der Waals surface area contributed by atoms with Gasteiger partial charge in [-0.1, -0.05) is 187 Å². The van der Waals surface area contributed by atoms with Gasteiger partial charge in [-0.15, -0.1) is 0 Å². The van der Waals surface area contributed by atoms with Gasteiger partial charge in [0, 0.05) is 13.0 Å². The summed E-state index contributed by atoms with van der Waals surface area (Å²) >= 11 is 0. The molecule has 0 aromatic rings. The van der Waals surface area contributed by atoms with Crippen molar-refractivity contribution in [2.75, 3.05) is 54.1 Å². The largest absolute Gasteiger partial charge is 0.472 e. The van der Waals surface area contributed by atoms with Crippen molar-refractivity contribution in [1.82, 2.24) is 0 Å². The molecule has 0 fully saturated rings. The second kappa shape index (κ2) is 47.6. The van der Waals surface area contributed by atoms with Crippen molar-refractivity contribution in [3.05, 3.63) is 109 Å². The quantitative estimate of drug-likeness (QED) is 0.0214. The Hall–Kier alpha value is -2.84. The molecule has 0 saturated carbocycles. The van der Waals surface area contributed by atoms with Gasteiger partial charge in [0.2, 0.25) is 0 Å². The molecule has 65 heavy (non-hydrogen) atoms. The molecule has 0 amide bonds. The fraction of sp³-hybridized carbons (Fsp3) is 0.661. The monoisotopic (exact) mass is 927 g/mol. The van der Waals surface area contributed by atoms with E-state index >= 15 is 0 Å². The van der Waals surface area contributed by atoms with Crippen LogP contribution in [0.3, 0.4) is 0 Å². The van der Waals surface area contributed by atoms with Crippen molar-refractivity contribution >= 4 is 13.8 Å². The summed E-state index contributed by atoms with van der Waals surface area (Å²) in [4.78, 5) is 23.0. The molecule has 0 aromatic heterocycles. The molecule has 2 atom stereocenters. The number of phosphoric ester groups is 1. The molecule has 0 aliphatic rings. The maximum atomic E-state index is 12.8. The van der Waals surface area contributed by atoms with Crippen molar-refractivity contribution in [3.63, 3.8) is 0 Å². The minimum absolute atomic E-state index is 0.0737. The Balaban J connectivity index is 4.21. The molecule has 372 valence electrons. The molecular weight excluding hydrogens is 830 g/mol. The Morgan fingerprint density at radius 3 is 1.26 bits per heavy atom. The second-order valence-corrected chi connectivity index (χ2v) is 19.2. The molecule has 0 aromatic carbocycles. The second-order valence-electron chi connectivity index (χ2n) is 17.8. The van der Waals surface area contributed by atoms with Crippen molar-refractivity contribution in [3.8, 4) is 0 Å². The number of nitrogens with zero attached hydrogens (tertiary/aromatic N) is 1. The van der Waals surface area contributed by atoms with Crippen LogP contribution in [0.5, 0.6) is 0 Å². The van der Waals surface area contributed by atoms with Crippen molar-refractivity contribution in [2.45, 2.75) is 187 Å². The lowest BCUT2D eigenvalue weighted by Gasteiger charge is -2.24. The van der Waals surface area contributed by atoms with Crippen LogP contribution in [0, 0.1) is 0 Å². The molecule has 1 N–H and O–H groups in total. The highest BCUT2D eigenvalue weighted by Gasteiger charge is 2.26. The standard InChI is InChI=1S/C56H96NO7P/c1-6-8-10-12-14-16-18-20-22-24-26-27-28-29-30-31-32-33-35-37-39-41-43-45-47-49-56(58)64-55(54-63-65(59,60)62-52-50-57(3,4)5)53-61-51-48-46-44-42-40-38-36-34-25-23-21-19-17-15-13-11-9-7-2/h8-11,14-17,20-23,26-27,34,36,40,42,55H,6-7,12-13,18-19,24-25,28-33,35,37-39,41,43-54H2,1-5H3/p+1/b10-8-,11-9-,16-14-,17-15-,22-20-,23-21-,27-26-,36-34-,42-40-. The highest BCUT2D eigenvalue weighted by molar-refractivity contribution is 7.47. The molecule has 0 bridgehead atoms. The van der Waals surface area contributed by atoms with Crippen LogP contribution in [-0.4, -0.2) is 75.6 Å². The summed E-state index contributed by atoms with van der Waals surface area (Å²) in [5.74, 6) is -0.335. The molecule has 0 rings (SSSR count). The van der Waals surface area contributed by atoms with E-state index in [1.807, 2.05) is 21.1 Å². The molecule has 0 aliphatic carbocycles. The third kappa shape index (κ3) is 52.0. The minimum atomic E-state index is -4.30. The fourth-order valence-corrected chi connectivity index (χ4v) is 7.19. The number of esters is 1. The van der Waals surface area contributed by atoms with E-state index in [1.165, 1.54) is 64.2 Å². The van der Waals surface area contributed by atoms with Crippen LogP contribution >= 0.6 is 7.82 Å². The highest BCUT2D eigenvalue weighted by Crippen LogP contribution is 2.43. The smallest absolute Gasteiger partial charge is 0.457 e. The van der Waals surface area contributed by atoms with Crippen LogP contribution in [0.4, 0.5) is 0 Å². The number of carbonyl (C=O) groups excluding carboxylic acids is 1. The van der Waals surface area contributed by atoms with E-state index in [2.05, 4.69) is 123 Å². The van der Waals surface area contributed by atoms with Gasteiger partial charge in [0.15, 0.2) is 0 Å². The Labute approximate surface area is 400 Å². The summed E-state index contributed by atoms with van der Waals surface area (Å²) in [6.45, 7) is 5.26. The number of allylic oxidation sites excluding steroid dienone is 18. The van der Waals surface area contributed by atoms with Gasteiger partial charge in [0.1, 0.15) is 19.3 Å².